The second kappa shape index (κ2) is 11.3. The molecule has 0 radical (unpaired) electrons. The van der Waals surface area contributed by atoms with Crippen LogP contribution in [0.1, 0.15) is 32.3 Å². The minimum absolute atomic E-state index is 0.0300. The lowest BCUT2D eigenvalue weighted by atomic mass is 10.2. The molecule has 1 aromatic rings. The Balaban J connectivity index is 0.000000763. The number of aryl methyl sites for hydroxylation is 1. The second-order valence-corrected chi connectivity index (χ2v) is 4.24. The Hall–Kier alpha value is -2.37. The summed E-state index contributed by atoms with van der Waals surface area (Å²) in [5, 5.41) is 0. The molecule has 122 valence electrons. The Labute approximate surface area is 130 Å². The molecule has 0 aromatic heterocycles. The van der Waals surface area contributed by atoms with Crippen LogP contribution in [-0.2, 0) is 30.3 Å². The van der Waals surface area contributed by atoms with Crippen molar-refractivity contribution in [1.29, 1.82) is 0 Å². The van der Waals surface area contributed by atoms with Crippen LogP contribution in [0.25, 0.3) is 0 Å². The van der Waals surface area contributed by atoms with Gasteiger partial charge in [0.15, 0.2) is 0 Å². The number of ether oxygens (including phenoxy) is 3. The standard InChI is InChI=1S/C13H16O4.C3H6O2/c1-3-10-4-6-11(7-5-10)17-13(15)9-8-12(14)16-2;1-3(4)5-2/h4-7H,3,8-9H2,1-2H3;1-2H3. The first-order chi connectivity index (χ1) is 10.4. The van der Waals surface area contributed by atoms with E-state index in [2.05, 4.69) is 16.4 Å². The fraction of sp³-hybridized carbons (Fsp3) is 0.438. The van der Waals surface area contributed by atoms with Crippen molar-refractivity contribution in [2.75, 3.05) is 14.2 Å². The Morgan fingerprint density at radius 2 is 1.41 bits per heavy atom. The summed E-state index contributed by atoms with van der Waals surface area (Å²) in [5.41, 5.74) is 1.18. The summed E-state index contributed by atoms with van der Waals surface area (Å²) in [7, 11) is 2.64. The van der Waals surface area contributed by atoms with Gasteiger partial charge in [-0.1, -0.05) is 19.1 Å². The largest absolute Gasteiger partial charge is 0.469 e. The predicted octanol–water partition coefficient (Wildman–Crippen LogP) is 2.29. The molecule has 6 nitrogen and oxygen atoms in total. The molecule has 0 N–H and O–H groups in total. The Morgan fingerprint density at radius 3 is 1.82 bits per heavy atom. The minimum atomic E-state index is -0.431. The van der Waals surface area contributed by atoms with Gasteiger partial charge in [0.05, 0.1) is 27.1 Å². The third kappa shape index (κ3) is 9.52. The molecule has 22 heavy (non-hydrogen) atoms. The minimum Gasteiger partial charge on any atom is -0.469 e. The average Bonchev–Trinajstić information content (AvgIpc) is 2.53. The number of esters is 3. The van der Waals surface area contributed by atoms with Gasteiger partial charge < -0.3 is 14.2 Å². The highest BCUT2D eigenvalue weighted by atomic mass is 16.5. The highest BCUT2D eigenvalue weighted by Crippen LogP contribution is 2.13. The van der Waals surface area contributed by atoms with Crippen molar-refractivity contribution in [3.63, 3.8) is 0 Å². The van der Waals surface area contributed by atoms with Gasteiger partial charge in [0.25, 0.3) is 0 Å². The lowest BCUT2D eigenvalue weighted by molar-refractivity contribution is -0.144. The molecule has 1 rings (SSSR count). The van der Waals surface area contributed by atoms with Crippen molar-refractivity contribution >= 4 is 17.9 Å². The Bertz CT molecular complexity index is 478. The van der Waals surface area contributed by atoms with Crippen LogP contribution in [0.5, 0.6) is 5.75 Å². The maximum Gasteiger partial charge on any atom is 0.311 e. The van der Waals surface area contributed by atoms with Gasteiger partial charge in [0, 0.05) is 6.92 Å². The number of carbonyl (C=O) groups is 3. The van der Waals surface area contributed by atoms with E-state index in [0.29, 0.717) is 5.75 Å². The molecule has 0 aliphatic heterocycles. The van der Waals surface area contributed by atoms with Crippen molar-refractivity contribution in [3.05, 3.63) is 29.8 Å². The Kier molecular flexibility index (Phi) is 10.1. The van der Waals surface area contributed by atoms with Gasteiger partial charge in [-0.2, -0.15) is 0 Å². The second-order valence-electron chi connectivity index (χ2n) is 4.24. The quantitative estimate of drug-likeness (QED) is 0.613. The molecule has 0 heterocycles. The molecular weight excluding hydrogens is 288 g/mol. The molecule has 0 unspecified atom stereocenters. The third-order valence-corrected chi connectivity index (χ3v) is 2.61. The fourth-order valence-electron chi connectivity index (χ4n) is 1.28. The van der Waals surface area contributed by atoms with E-state index in [9.17, 15) is 14.4 Å². The third-order valence-electron chi connectivity index (χ3n) is 2.61. The maximum atomic E-state index is 11.4. The molecule has 0 amide bonds. The van der Waals surface area contributed by atoms with E-state index in [1.54, 1.807) is 12.1 Å². The normalized spacial score (nSPS) is 9.09. The Morgan fingerprint density at radius 1 is 0.909 bits per heavy atom. The summed E-state index contributed by atoms with van der Waals surface area (Å²) < 4.78 is 13.6. The average molecular weight is 310 g/mol. The maximum absolute atomic E-state index is 11.4. The fourth-order valence-corrected chi connectivity index (χ4v) is 1.28. The first-order valence-corrected chi connectivity index (χ1v) is 6.83. The van der Waals surface area contributed by atoms with Gasteiger partial charge >= 0.3 is 17.9 Å². The number of benzene rings is 1. The molecule has 0 saturated heterocycles. The molecule has 0 aliphatic carbocycles. The van der Waals surface area contributed by atoms with Gasteiger partial charge in [0.1, 0.15) is 5.75 Å². The van der Waals surface area contributed by atoms with Crippen LogP contribution >= 0.6 is 0 Å². The molecule has 0 aliphatic rings. The van der Waals surface area contributed by atoms with Crippen molar-refractivity contribution in [2.45, 2.75) is 33.1 Å². The highest BCUT2D eigenvalue weighted by Gasteiger charge is 2.08. The molecule has 0 spiro atoms. The van der Waals surface area contributed by atoms with Gasteiger partial charge in [-0.3, -0.25) is 14.4 Å². The molecule has 0 bridgehead atoms. The summed E-state index contributed by atoms with van der Waals surface area (Å²) in [6, 6.07) is 7.30. The van der Waals surface area contributed by atoms with Crippen molar-refractivity contribution < 1.29 is 28.6 Å². The molecule has 0 atom stereocenters. The van der Waals surface area contributed by atoms with Gasteiger partial charge in [0.2, 0.25) is 0 Å². The number of hydrogen-bond acceptors (Lipinski definition) is 6. The molecule has 6 heteroatoms. The van der Waals surface area contributed by atoms with E-state index in [4.69, 9.17) is 4.74 Å². The first-order valence-electron chi connectivity index (χ1n) is 6.83. The first kappa shape index (κ1) is 19.6. The van der Waals surface area contributed by atoms with Gasteiger partial charge in [-0.15, -0.1) is 0 Å². The van der Waals surface area contributed by atoms with Crippen LogP contribution < -0.4 is 4.74 Å². The van der Waals surface area contributed by atoms with Crippen LogP contribution in [0.15, 0.2) is 24.3 Å². The van der Waals surface area contributed by atoms with E-state index in [1.165, 1.54) is 26.7 Å². The van der Waals surface area contributed by atoms with E-state index < -0.39 is 11.9 Å². The molecule has 1 aromatic carbocycles. The van der Waals surface area contributed by atoms with E-state index >= 15 is 0 Å². The highest BCUT2D eigenvalue weighted by molar-refractivity contribution is 5.78. The summed E-state index contributed by atoms with van der Waals surface area (Å²) in [6.45, 7) is 3.41. The van der Waals surface area contributed by atoms with Crippen LogP contribution in [0.3, 0.4) is 0 Å². The van der Waals surface area contributed by atoms with Crippen molar-refractivity contribution in [1.82, 2.24) is 0 Å². The van der Waals surface area contributed by atoms with Crippen molar-refractivity contribution in [2.24, 2.45) is 0 Å². The summed E-state index contributed by atoms with van der Waals surface area (Å²) >= 11 is 0. The number of hydrogen-bond donors (Lipinski definition) is 0. The monoisotopic (exact) mass is 310 g/mol. The van der Waals surface area contributed by atoms with Gasteiger partial charge in [-0.05, 0) is 24.1 Å². The van der Waals surface area contributed by atoms with Crippen molar-refractivity contribution in [3.8, 4) is 5.75 Å². The van der Waals surface area contributed by atoms with Crippen LogP contribution in [0.2, 0.25) is 0 Å². The topological polar surface area (TPSA) is 78.9 Å². The van der Waals surface area contributed by atoms with E-state index in [0.717, 1.165) is 6.42 Å². The lowest BCUT2D eigenvalue weighted by Gasteiger charge is -2.04. The smallest absolute Gasteiger partial charge is 0.311 e. The summed E-state index contributed by atoms with van der Waals surface area (Å²) in [5.74, 6) is -0.593. The van der Waals surface area contributed by atoms with Crippen LogP contribution in [0, 0.1) is 0 Å². The zero-order valence-corrected chi connectivity index (χ0v) is 13.4. The zero-order valence-electron chi connectivity index (χ0n) is 13.4. The number of carbonyl (C=O) groups excluding carboxylic acids is 3. The molecule has 0 saturated carbocycles. The molecular formula is C16H22O6. The van der Waals surface area contributed by atoms with Gasteiger partial charge in [-0.25, -0.2) is 0 Å². The van der Waals surface area contributed by atoms with E-state index in [-0.39, 0.29) is 18.8 Å². The number of rotatable bonds is 5. The lowest BCUT2D eigenvalue weighted by Crippen LogP contribution is -2.11. The number of methoxy groups -OCH3 is 2. The summed E-state index contributed by atoms with van der Waals surface area (Å²) in [4.78, 5) is 31.8. The predicted molar refractivity (Wildman–Crippen MR) is 80.4 cm³/mol. The summed E-state index contributed by atoms with van der Waals surface area (Å²) in [6.07, 6.45) is 1.02. The van der Waals surface area contributed by atoms with E-state index in [1.807, 2.05) is 12.1 Å². The zero-order chi connectivity index (χ0) is 17.0. The SMILES string of the molecule is CCc1ccc(OC(=O)CCC(=O)OC)cc1.COC(C)=O. The molecule has 0 fully saturated rings. The van der Waals surface area contributed by atoms with Crippen LogP contribution in [-0.4, -0.2) is 32.1 Å². The van der Waals surface area contributed by atoms with Crippen LogP contribution in [0.4, 0.5) is 0 Å².